The molecular formula is C25H29N5O2S. The van der Waals surface area contributed by atoms with Crippen molar-refractivity contribution in [3.63, 3.8) is 0 Å². The van der Waals surface area contributed by atoms with Gasteiger partial charge in [-0.1, -0.05) is 31.2 Å². The van der Waals surface area contributed by atoms with Crippen LogP contribution in [0.15, 0.2) is 60.8 Å². The van der Waals surface area contributed by atoms with Crippen molar-refractivity contribution in [2.24, 2.45) is 5.14 Å². The fourth-order valence-corrected chi connectivity index (χ4v) is 4.38. The van der Waals surface area contributed by atoms with Gasteiger partial charge in [0.15, 0.2) is 5.82 Å². The van der Waals surface area contributed by atoms with Gasteiger partial charge in [-0.2, -0.15) is 5.10 Å². The minimum absolute atomic E-state index is 0.106. The zero-order valence-corrected chi connectivity index (χ0v) is 20.1. The van der Waals surface area contributed by atoms with Crippen molar-refractivity contribution in [2.45, 2.75) is 50.9 Å². The molecule has 0 spiro atoms. The van der Waals surface area contributed by atoms with E-state index in [0.717, 1.165) is 27.9 Å². The van der Waals surface area contributed by atoms with Crippen molar-refractivity contribution < 1.29 is 9.32 Å². The van der Waals surface area contributed by atoms with Crippen molar-refractivity contribution >= 4 is 21.9 Å². The average Bonchev–Trinajstić information content (AvgIpc) is 3.22. The lowest BCUT2D eigenvalue weighted by molar-refractivity contribution is 0.194. The normalized spacial score (nSPS) is 14.8. The zero-order valence-electron chi connectivity index (χ0n) is 19.3. The Kier molecular flexibility index (Phi) is 6.43. The van der Waals surface area contributed by atoms with Gasteiger partial charge in [0.05, 0.1) is 44.9 Å². The maximum Gasteiger partial charge on any atom is 0.154 e. The maximum absolute atomic E-state index is 11.9. The van der Waals surface area contributed by atoms with E-state index in [0.29, 0.717) is 17.9 Å². The van der Waals surface area contributed by atoms with Crippen molar-refractivity contribution in [1.82, 2.24) is 19.7 Å². The molecule has 3 N–H and O–H groups in total. The second kappa shape index (κ2) is 9.13. The van der Waals surface area contributed by atoms with Gasteiger partial charge >= 0.3 is 0 Å². The monoisotopic (exact) mass is 463 g/mol. The van der Waals surface area contributed by atoms with Gasteiger partial charge in [0.25, 0.3) is 0 Å². The number of aliphatic hydroxyl groups excluding tert-OH is 1. The summed E-state index contributed by atoms with van der Waals surface area (Å²) < 4.78 is 13.2. The predicted octanol–water partition coefficient (Wildman–Crippen LogP) is 4.43. The number of hydrogen-bond acceptors (Lipinski definition) is 5. The van der Waals surface area contributed by atoms with Gasteiger partial charge in [-0.25, -0.2) is 13.9 Å². The van der Waals surface area contributed by atoms with Crippen LogP contribution < -0.4 is 5.14 Å². The highest BCUT2D eigenvalue weighted by molar-refractivity contribution is 7.84. The highest BCUT2D eigenvalue weighted by atomic mass is 32.2. The molecule has 0 bridgehead atoms. The number of rotatable bonds is 7. The molecule has 3 atom stereocenters. The minimum atomic E-state index is -1.41. The molecule has 0 amide bonds. The highest BCUT2D eigenvalue weighted by Crippen LogP contribution is 2.30. The van der Waals surface area contributed by atoms with Crippen LogP contribution in [0.25, 0.3) is 28.0 Å². The van der Waals surface area contributed by atoms with E-state index < -0.39 is 21.8 Å². The largest absolute Gasteiger partial charge is 0.387 e. The van der Waals surface area contributed by atoms with E-state index in [1.807, 2.05) is 56.3 Å². The average molecular weight is 464 g/mol. The number of pyridine rings is 2. The molecule has 7 nitrogen and oxygen atoms in total. The fraction of sp³-hybridized carbons (Fsp3) is 0.320. The first-order chi connectivity index (χ1) is 15.7. The Morgan fingerprint density at radius 1 is 1.06 bits per heavy atom. The number of hydrogen-bond donors (Lipinski definition) is 2. The summed E-state index contributed by atoms with van der Waals surface area (Å²) in [6.07, 6.45) is 1.82. The van der Waals surface area contributed by atoms with Gasteiger partial charge in [-0.15, -0.1) is 0 Å². The molecule has 4 rings (SSSR count). The van der Waals surface area contributed by atoms with Crippen LogP contribution >= 0.6 is 0 Å². The van der Waals surface area contributed by atoms with E-state index in [1.165, 1.54) is 0 Å². The lowest BCUT2D eigenvalue weighted by atomic mass is 9.94. The van der Waals surface area contributed by atoms with E-state index in [2.05, 4.69) is 23.1 Å². The number of aromatic nitrogens is 4. The molecule has 0 radical (unpaired) electrons. The van der Waals surface area contributed by atoms with Crippen LogP contribution in [-0.4, -0.2) is 33.8 Å². The number of nitrogens with two attached hydrogens (primary N) is 1. The smallest absolute Gasteiger partial charge is 0.154 e. The van der Waals surface area contributed by atoms with Crippen LogP contribution in [0, 0.1) is 0 Å². The molecule has 0 saturated carbocycles. The molecule has 33 heavy (non-hydrogen) atoms. The van der Waals surface area contributed by atoms with Crippen LogP contribution in [0.1, 0.15) is 57.5 Å². The molecule has 0 aliphatic rings. The van der Waals surface area contributed by atoms with Gasteiger partial charge in [0.1, 0.15) is 0 Å². The first-order valence-electron chi connectivity index (χ1n) is 10.9. The second-order valence-corrected chi connectivity index (χ2v) is 10.7. The Labute approximate surface area is 196 Å². The quantitative estimate of drug-likeness (QED) is 0.422. The van der Waals surface area contributed by atoms with E-state index >= 15 is 0 Å². The van der Waals surface area contributed by atoms with Crippen molar-refractivity contribution in [3.05, 3.63) is 72.2 Å². The molecule has 0 aliphatic heterocycles. The molecule has 1 aromatic carbocycles. The van der Waals surface area contributed by atoms with Crippen molar-refractivity contribution in [2.75, 3.05) is 0 Å². The summed E-state index contributed by atoms with van der Waals surface area (Å²) in [5.41, 5.74) is 4.25. The molecule has 0 saturated heterocycles. The summed E-state index contributed by atoms with van der Waals surface area (Å²) in [4.78, 5) is 9.45. The summed E-state index contributed by atoms with van der Waals surface area (Å²) >= 11 is 0. The third-order valence-electron chi connectivity index (χ3n) is 5.89. The second-order valence-electron chi connectivity index (χ2n) is 9.04. The molecule has 3 aromatic heterocycles. The van der Waals surface area contributed by atoms with Gasteiger partial charge in [-0.05, 0) is 63.4 Å². The fourth-order valence-electron chi connectivity index (χ4n) is 3.96. The molecule has 0 fully saturated rings. The van der Waals surface area contributed by atoms with Crippen molar-refractivity contribution in [1.29, 1.82) is 0 Å². The van der Waals surface area contributed by atoms with Gasteiger partial charge in [0, 0.05) is 16.6 Å². The predicted molar refractivity (Wildman–Crippen MR) is 132 cm³/mol. The van der Waals surface area contributed by atoms with Gasteiger partial charge in [0.2, 0.25) is 0 Å². The van der Waals surface area contributed by atoms with Crippen LogP contribution in [0.4, 0.5) is 0 Å². The Balaban J connectivity index is 1.70. The topological polar surface area (TPSA) is 107 Å². The molecule has 172 valence electrons. The Hall–Kier alpha value is -2.94. The summed E-state index contributed by atoms with van der Waals surface area (Å²) in [5, 5.41) is 21.1. The number of fused-ring (bicyclic) bond motifs is 1. The van der Waals surface area contributed by atoms with E-state index in [4.69, 9.17) is 10.1 Å². The van der Waals surface area contributed by atoms with E-state index in [9.17, 15) is 9.32 Å². The Morgan fingerprint density at radius 3 is 2.52 bits per heavy atom. The van der Waals surface area contributed by atoms with E-state index in [1.54, 1.807) is 23.9 Å². The minimum Gasteiger partial charge on any atom is -0.387 e. The van der Waals surface area contributed by atoms with E-state index in [-0.39, 0.29) is 5.92 Å². The molecule has 8 heteroatoms. The SMILES string of the molecule is CC(O)c1cccc(-n2ncc3ccc(-c4cccc([C@@H](C)CC(C)(C)S(N)=O)n4)cc32)n1. The third-order valence-corrected chi connectivity index (χ3v) is 7.14. The molecule has 4 aromatic rings. The van der Waals surface area contributed by atoms with Gasteiger partial charge in [-0.3, -0.25) is 10.1 Å². The lowest BCUT2D eigenvalue weighted by Crippen LogP contribution is -2.33. The summed E-state index contributed by atoms with van der Waals surface area (Å²) in [5.74, 6) is 0.752. The first kappa shape index (κ1) is 23.2. The molecule has 2 unspecified atom stereocenters. The summed E-state index contributed by atoms with van der Waals surface area (Å²) in [6.45, 7) is 7.61. The van der Waals surface area contributed by atoms with Crippen molar-refractivity contribution in [3.8, 4) is 17.1 Å². The molecule has 0 aliphatic carbocycles. The number of aliphatic hydroxyl groups is 1. The zero-order chi connectivity index (χ0) is 23.8. The van der Waals surface area contributed by atoms with Crippen LogP contribution in [0.2, 0.25) is 0 Å². The third kappa shape index (κ3) is 4.88. The van der Waals surface area contributed by atoms with Gasteiger partial charge < -0.3 is 5.11 Å². The summed E-state index contributed by atoms with van der Waals surface area (Å²) in [7, 11) is -1.41. The van der Waals surface area contributed by atoms with Crippen LogP contribution in [-0.2, 0) is 11.0 Å². The number of benzene rings is 1. The first-order valence-corrected chi connectivity index (χ1v) is 12.1. The number of nitrogens with zero attached hydrogens (tertiary/aromatic N) is 4. The highest BCUT2D eigenvalue weighted by Gasteiger charge is 2.27. The summed E-state index contributed by atoms with van der Waals surface area (Å²) in [6, 6.07) is 17.6. The van der Waals surface area contributed by atoms with Crippen LogP contribution in [0.3, 0.4) is 0 Å². The lowest BCUT2D eigenvalue weighted by Gasteiger charge is -2.25. The molecular weight excluding hydrogens is 434 g/mol. The molecule has 3 heterocycles. The standard InChI is InChI=1S/C25H29N5O2S/c1-16(14-25(3,4)33(26)32)20-7-5-9-22(28-20)18-11-12-19-15-27-30(23(19)13-18)24-10-6-8-21(29-24)17(2)31/h5-13,15-17,31H,14,26H2,1-4H3/t16-,17?,33?/m0/s1. The Bertz CT molecular complexity index is 1320. The van der Waals surface area contributed by atoms with Crippen LogP contribution in [0.5, 0.6) is 0 Å². The Morgan fingerprint density at radius 2 is 1.79 bits per heavy atom. The maximum atomic E-state index is 11.9.